The number of carbonyl (C=O) groups excluding carboxylic acids is 2. The Hall–Kier alpha value is -3.16. The average Bonchev–Trinajstić information content (AvgIpc) is 3.06. The Morgan fingerprint density at radius 1 is 1.06 bits per heavy atom. The van der Waals surface area contributed by atoms with Gasteiger partial charge in [-0.3, -0.25) is 14.5 Å². The van der Waals surface area contributed by atoms with Crippen molar-refractivity contribution in [1.29, 1.82) is 0 Å². The Kier molecular flexibility index (Phi) is 6.77. The lowest BCUT2D eigenvalue weighted by atomic mass is 9.84. The third-order valence-corrected chi connectivity index (χ3v) is 6.74. The number of rotatable bonds is 6. The predicted molar refractivity (Wildman–Crippen MR) is 130 cm³/mol. The van der Waals surface area contributed by atoms with Crippen molar-refractivity contribution in [3.63, 3.8) is 0 Å². The van der Waals surface area contributed by atoms with Crippen LogP contribution in [-0.4, -0.2) is 49.8 Å². The molecule has 0 bridgehead atoms. The molecule has 4 rings (SSSR count). The fourth-order valence-corrected chi connectivity index (χ4v) is 5.13. The summed E-state index contributed by atoms with van der Waals surface area (Å²) in [4.78, 5) is 34.3. The van der Waals surface area contributed by atoms with Crippen LogP contribution in [0.4, 0.5) is 5.69 Å². The van der Waals surface area contributed by atoms with E-state index in [0.29, 0.717) is 48.6 Å². The SMILES string of the molecule is CCC(=O)OC1=C(c2c(C)cc(C)cc2OC)C(=O)N(c2ccccc2)C12CCN(OC)CC2. The Labute approximate surface area is 200 Å². The number of anilines is 1. The van der Waals surface area contributed by atoms with Crippen LogP contribution in [0.25, 0.3) is 5.57 Å². The monoisotopic (exact) mass is 464 g/mol. The highest BCUT2D eigenvalue weighted by atomic mass is 16.7. The Balaban J connectivity index is 2.00. The van der Waals surface area contributed by atoms with Crippen molar-refractivity contribution < 1.29 is 23.9 Å². The third kappa shape index (κ3) is 3.99. The molecule has 1 spiro atoms. The van der Waals surface area contributed by atoms with Gasteiger partial charge in [0, 0.05) is 30.8 Å². The van der Waals surface area contributed by atoms with Crippen LogP contribution in [0.3, 0.4) is 0 Å². The van der Waals surface area contributed by atoms with Gasteiger partial charge >= 0.3 is 5.97 Å². The Bertz CT molecular complexity index is 1120. The van der Waals surface area contributed by atoms with E-state index in [1.54, 1.807) is 21.1 Å². The lowest BCUT2D eigenvalue weighted by molar-refractivity contribution is -0.153. The number of hydrogen-bond acceptors (Lipinski definition) is 6. The second-order valence-electron chi connectivity index (χ2n) is 8.81. The van der Waals surface area contributed by atoms with E-state index < -0.39 is 5.54 Å². The summed E-state index contributed by atoms with van der Waals surface area (Å²) in [6.45, 7) is 6.89. The number of nitrogens with zero attached hydrogens (tertiary/aromatic N) is 2. The first kappa shape index (κ1) is 24.0. The molecule has 2 aromatic rings. The highest BCUT2D eigenvalue weighted by Gasteiger charge is 2.56. The normalized spacial score (nSPS) is 18.0. The molecule has 0 N–H and O–H groups in total. The van der Waals surface area contributed by atoms with Gasteiger partial charge in [-0.25, -0.2) is 0 Å². The fraction of sp³-hybridized carbons (Fsp3) is 0.407. The van der Waals surface area contributed by atoms with Crippen molar-refractivity contribution in [2.24, 2.45) is 0 Å². The number of methoxy groups -OCH3 is 1. The van der Waals surface area contributed by atoms with Gasteiger partial charge in [0.2, 0.25) is 0 Å². The molecule has 0 aliphatic carbocycles. The number of benzene rings is 2. The second-order valence-corrected chi connectivity index (χ2v) is 8.81. The number of hydroxylamine groups is 2. The van der Waals surface area contributed by atoms with Crippen molar-refractivity contribution in [1.82, 2.24) is 5.06 Å². The third-order valence-electron chi connectivity index (χ3n) is 6.74. The zero-order valence-electron chi connectivity index (χ0n) is 20.5. The molecule has 0 aromatic heterocycles. The summed E-state index contributed by atoms with van der Waals surface area (Å²) in [5.74, 6) is 0.438. The molecule has 2 aliphatic heterocycles. The van der Waals surface area contributed by atoms with Crippen molar-refractivity contribution in [2.45, 2.75) is 45.6 Å². The number of carbonyl (C=O) groups is 2. The van der Waals surface area contributed by atoms with Crippen LogP contribution in [0, 0.1) is 13.8 Å². The Morgan fingerprint density at radius 2 is 1.74 bits per heavy atom. The standard InChI is InChI=1S/C27H32N2O5/c1-6-22(30)34-25-24(23-19(3)16-18(2)17-21(23)32-4)26(31)29(20-10-8-7-9-11-20)27(25)12-14-28(33-5)15-13-27/h7-11,16-17H,6,12-15H2,1-5H3. The molecule has 7 heteroatoms. The van der Waals surface area contributed by atoms with Gasteiger partial charge in [-0.15, -0.1) is 0 Å². The smallest absolute Gasteiger partial charge is 0.310 e. The van der Waals surface area contributed by atoms with Crippen molar-refractivity contribution >= 4 is 23.1 Å². The molecular weight excluding hydrogens is 432 g/mol. The predicted octanol–water partition coefficient (Wildman–Crippen LogP) is 4.42. The quantitative estimate of drug-likeness (QED) is 0.590. The van der Waals surface area contributed by atoms with Gasteiger partial charge in [0.05, 0.1) is 19.8 Å². The highest BCUT2D eigenvalue weighted by molar-refractivity contribution is 6.31. The van der Waals surface area contributed by atoms with Gasteiger partial charge in [0.25, 0.3) is 5.91 Å². The summed E-state index contributed by atoms with van der Waals surface area (Å²) in [6.07, 6.45) is 1.33. The number of ether oxygens (including phenoxy) is 2. The van der Waals surface area contributed by atoms with Gasteiger partial charge < -0.3 is 14.3 Å². The van der Waals surface area contributed by atoms with Gasteiger partial charge in [0.15, 0.2) is 0 Å². The molecule has 0 unspecified atom stereocenters. The summed E-state index contributed by atoms with van der Waals surface area (Å²) in [7, 11) is 3.24. The van der Waals surface area contributed by atoms with E-state index in [0.717, 1.165) is 16.8 Å². The summed E-state index contributed by atoms with van der Waals surface area (Å²) in [5.41, 5.74) is 2.94. The largest absolute Gasteiger partial charge is 0.496 e. The van der Waals surface area contributed by atoms with Crippen LogP contribution in [0.2, 0.25) is 0 Å². The zero-order chi connectivity index (χ0) is 24.5. The fourth-order valence-electron chi connectivity index (χ4n) is 5.13. The van der Waals surface area contributed by atoms with Gasteiger partial charge in [-0.1, -0.05) is 31.2 Å². The van der Waals surface area contributed by atoms with Crippen LogP contribution in [0.1, 0.15) is 42.9 Å². The average molecular weight is 465 g/mol. The molecule has 1 fully saturated rings. The van der Waals surface area contributed by atoms with E-state index in [1.165, 1.54) is 0 Å². The first-order valence-electron chi connectivity index (χ1n) is 11.7. The summed E-state index contributed by atoms with van der Waals surface area (Å²) in [6, 6.07) is 13.5. The highest BCUT2D eigenvalue weighted by Crippen LogP contribution is 2.51. The molecule has 2 aromatic carbocycles. The molecule has 2 aliphatic rings. The molecule has 0 saturated carbocycles. The maximum absolute atomic E-state index is 14.3. The van der Waals surface area contributed by atoms with Crippen LogP contribution >= 0.6 is 0 Å². The number of amides is 1. The van der Waals surface area contributed by atoms with E-state index in [-0.39, 0.29) is 18.3 Å². The summed E-state index contributed by atoms with van der Waals surface area (Å²) >= 11 is 0. The Morgan fingerprint density at radius 3 is 2.32 bits per heavy atom. The molecular formula is C27H32N2O5. The van der Waals surface area contributed by atoms with Crippen molar-refractivity contribution in [3.05, 3.63) is 64.9 Å². The summed E-state index contributed by atoms with van der Waals surface area (Å²) < 4.78 is 11.8. The maximum Gasteiger partial charge on any atom is 0.310 e. The topological polar surface area (TPSA) is 68.3 Å². The molecule has 2 heterocycles. The van der Waals surface area contributed by atoms with Gasteiger partial charge in [0.1, 0.15) is 17.0 Å². The van der Waals surface area contributed by atoms with Crippen LogP contribution in [0.5, 0.6) is 5.75 Å². The van der Waals surface area contributed by atoms with Crippen LogP contribution < -0.4 is 9.64 Å². The van der Waals surface area contributed by atoms with E-state index >= 15 is 0 Å². The number of hydrogen-bond donors (Lipinski definition) is 0. The minimum atomic E-state index is -0.810. The minimum Gasteiger partial charge on any atom is -0.496 e. The van der Waals surface area contributed by atoms with E-state index in [9.17, 15) is 9.59 Å². The number of aryl methyl sites for hydroxylation is 2. The maximum atomic E-state index is 14.3. The van der Waals surface area contributed by atoms with E-state index in [1.807, 2.05) is 66.3 Å². The summed E-state index contributed by atoms with van der Waals surface area (Å²) in [5, 5.41) is 1.87. The van der Waals surface area contributed by atoms with Gasteiger partial charge in [-0.2, -0.15) is 5.06 Å². The van der Waals surface area contributed by atoms with Crippen LogP contribution in [0.15, 0.2) is 48.2 Å². The molecule has 1 saturated heterocycles. The minimum absolute atomic E-state index is 0.193. The molecule has 34 heavy (non-hydrogen) atoms. The number of esters is 1. The van der Waals surface area contributed by atoms with Crippen molar-refractivity contribution in [2.75, 3.05) is 32.2 Å². The van der Waals surface area contributed by atoms with Crippen molar-refractivity contribution in [3.8, 4) is 5.75 Å². The van der Waals surface area contributed by atoms with E-state index in [4.69, 9.17) is 14.3 Å². The first-order chi connectivity index (χ1) is 16.4. The lowest BCUT2D eigenvalue weighted by Crippen LogP contribution is -2.55. The molecule has 0 atom stereocenters. The number of piperidine rings is 1. The lowest BCUT2D eigenvalue weighted by Gasteiger charge is -2.44. The van der Waals surface area contributed by atoms with E-state index in [2.05, 4.69) is 0 Å². The van der Waals surface area contributed by atoms with Crippen LogP contribution in [-0.2, 0) is 19.2 Å². The van der Waals surface area contributed by atoms with Gasteiger partial charge in [-0.05, 0) is 56.0 Å². The molecule has 180 valence electrons. The zero-order valence-corrected chi connectivity index (χ0v) is 20.5. The molecule has 7 nitrogen and oxygen atoms in total. The second kappa shape index (κ2) is 9.60. The molecule has 1 amide bonds. The number of para-hydroxylation sites is 1. The molecule has 0 radical (unpaired) electrons. The first-order valence-corrected chi connectivity index (χ1v) is 11.7.